The molecular formula is C12H13N3O2. The number of nitrogen functional groups attached to an aromatic ring is 1. The molecule has 0 radical (unpaired) electrons. The molecule has 5 nitrogen and oxygen atoms in total. The molecule has 1 aromatic carbocycles. The van der Waals surface area contributed by atoms with Gasteiger partial charge in [0.2, 0.25) is 0 Å². The number of hydrogen-bond acceptors (Lipinski definition) is 4. The van der Waals surface area contributed by atoms with Gasteiger partial charge in [-0.05, 0) is 17.2 Å². The van der Waals surface area contributed by atoms with Gasteiger partial charge in [0.25, 0.3) is 0 Å². The molecule has 0 fully saturated rings. The Morgan fingerprint density at radius 2 is 2.29 bits per heavy atom. The first-order valence-corrected chi connectivity index (χ1v) is 5.37. The van der Waals surface area contributed by atoms with Crippen molar-refractivity contribution in [3.63, 3.8) is 0 Å². The number of fused-ring (bicyclic) bond motifs is 1. The summed E-state index contributed by atoms with van der Waals surface area (Å²) in [5.74, 6) is 1.34. The van der Waals surface area contributed by atoms with E-state index in [2.05, 4.69) is 10.2 Å². The third kappa shape index (κ3) is 1.47. The molecule has 0 amide bonds. The molecule has 88 valence electrons. The Balaban J connectivity index is 2.27. The molecule has 3 rings (SSSR count). The average Bonchev–Trinajstić information content (AvgIpc) is 2.96. The van der Waals surface area contributed by atoms with Crippen LogP contribution in [-0.4, -0.2) is 17.3 Å². The molecule has 0 saturated carbocycles. The summed E-state index contributed by atoms with van der Waals surface area (Å²) in [5, 5.41) is 6.69. The van der Waals surface area contributed by atoms with Crippen molar-refractivity contribution in [1.29, 1.82) is 0 Å². The van der Waals surface area contributed by atoms with Crippen LogP contribution in [0.2, 0.25) is 0 Å². The second-order valence-electron chi connectivity index (χ2n) is 3.97. The predicted molar refractivity (Wildman–Crippen MR) is 63.5 cm³/mol. The van der Waals surface area contributed by atoms with Gasteiger partial charge in [-0.2, -0.15) is 5.10 Å². The number of anilines is 1. The lowest BCUT2D eigenvalue weighted by Gasteiger charge is -2.11. The van der Waals surface area contributed by atoms with Gasteiger partial charge < -0.3 is 15.2 Å². The van der Waals surface area contributed by atoms with Gasteiger partial charge >= 0.3 is 0 Å². The molecule has 5 heteroatoms. The molecule has 0 saturated heterocycles. The predicted octanol–water partition coefficient (Wildman–Crippen LogP) is 1.70. The van der Waals surface area contributed by atoms with Crippen molar-refractivity contribution < 1.29 is 9.47 Å². The maximum absolute atomic E-state index is 5.88. The van der Waals surface area contributed by atoms with E-state index in [9.17, 15) is 0 Å². The summed E-state index contributed by atoms with van der Waals surface area (Å²) in [5.41, 5.74) is 10.0. The molecular weight excluding hydrogens is 218 g/mol. The third-order valence-electron chi connectivity index (χ3n) is 3.03. The Kier molecular flexibility index (Phi) is 2.26. The monoisotopic (exact) mass is 231 g/mol. The fourth-order valence-electron chi connectivity index (χ4n) is 2.19. The molecule has 3 N–H and O–H groups in total. The highest BCUT2D eigenvalue weighted by Gasteiger charge is 2.22. The van der Waals surface area contributed by atoms with E-state index < -0.39 is 0 Å². The van der Waals surface area contributed by atoms with Gasteiger partial charge in [0.05, 0.1) is 26.5 Å². The van der Waals surface area contributed by atoms with Crippen LogP contribution in [0, 0.1) is 0 Å². The summed E-state index contributed by atoms with van der Waals surface area (Å²) in [6.07, 6.45) is 1.71. The van der Waals surface area contributed by atoms with Crippen LogP contribution < -0.4 is 10.5 Å². The average molecular weight is 231 g/mol. The van der Waals surface area contributed by atoms with Crippen molar-refractivity contribution in [2.75, 3.05) is 12.8 Å². The van der Waals surface area contributed by atoms with Crippen LogP contribution in [0.15, 0.2) is 18.3 Å². The summed E-state index contributed by atoms with van der Waals surface area (Å²) in [6.45, 7) is 1.23. The fraction of sp³-hybridized carbons (Fsp3) is 0.250. The van der Waals surface area contributed by atoms with Crippen LogP contribution in [0.4, 0.5) is 5.82 Å². The van der Waals surface area contributed by atoms with Gasteiger partial charge in [-0.15, -0.1) is 0 Å². The molecule has 1 aliphatic heterocycles. The maximum atomic E-state index is 5.88. The van der Waals surface area contributed by atoms with E-state index in [4.69, 9.17) is 15.2 Å². The normalized spacial score (nSPS) is 13.7. The zero-order chi connectivity index (χ0) is 11.8. The van der Waals surface area contributed by atoms with Gasteiger partial charge in [-0.25, -0.2) is 0 Å². The first-order valence-electron chi connectivity index (χ1n) is 5.37. The molecule has 0 bridgehead atoms. The van der Waals surface area contributed by atoms with E-state index in [1.165, 1.54) is 5.56 Å². The number of H-pyrrole nitrogens is 1. The van der Waals surface area contributed by atoms with Crippen molar-refractivity contribution >= 4 is 5.82 Å². The highest BCUT2D eigenvalue weighted by molar-refractivity contribution is 5.81. The van der Waals surface area contributed by atoms with E-state index in [1.54, 1.807) is 13.3 Å². The van der Waals surface area contributed by atoms with Crippen LogP contribution in [0.25, 0.3) is 11.1 Å². The fourth-order valence-corrected chi connectivity index (χ4v) is 2.19. The molecule has 1 aliphatic rings. The number of hydrogen-bond donors (Lipinski definition) is 2. The first kappa shape index (κ1) is 10.2. The number of ether oxygens (including phenoxy) is 2. The third-order valence-corrected chi connectivity index (χ3v) is 3.03. The standard InChI is InChI=1S/C12H13N3O2/c1-16-10-3-2-7-5-17-6-9(7)11(10)8-4-14-15-12(8)13/h2-4H,5-6H2,1H3,(H3,13,14,15). The van der Waals surface area contributed by atoms with Crippen molar-refractivity contribution in [1.82, 2.24) is 10.2 Å². The molecule has 1 aromatic heterocycles. The molecule has 0 atom stereocenters. The van der Waals surface area contributed by atoms with Gasteiger partial charge in [-0.1, -0.05) is 6.07 Å². The lowest BCUT2D eigenvalue weighted by molar-refractivity contribution is 0.134. The lowest BCUT2D eigenvalue weighted by atomic mass is 9.97. The molecule has 0 spiro atoms. The minimum Gasteiger partial charge on any atom is -0.496 e. The number of nitrogens with two attached hydrogens (primary N) is 1. The molecule has 2 aromatic rings. The van der Waals surface area contributed by atoms with Gasteiger partial charge in [0, 0.05) is 11.1 Å². The summed E-state index contributed by atoms with van der Waals surface area (Å²) in [7, 11) is 1.65. The van der Waals surface area contributed by atoms with E-state index >= 15 is 0 Å². The van der Waals surface area contributed by atoms with Crippen LogP contribution in [0.5, 0.6) is 5.75 Å². The highest BCUT2D eigenvalue weighted by atomic mass is 16.5. The Morgan fingerprint density at radius 3 is 3.00 bits per heavy atom. The Morgan fingerprint density at radius 1 is 1.41 bits per heavy atom. The van der Waals surface area contributed by atoms with E-state index in [-0.39, 0.29) is 0 Å². The van der Waals surface area contributed by atoms with Crippen molar-refractivity contribution in [3.8, 4) is 16.9 Å². The number of aromatic amines is 1. The van der Waals surface area contributed by atoms with Crippen LogP contribution in [0.1, 0.15) is 11.1 Å². The Labute approximate surface area is 98.5 Å². The number of methoxy groups -OCH3 is 1. The number of nitrogens with one attached hydrogen (secondary N) is 1. The quantitative estimate of drug-likeness (QED) is 0.825. The van der Waals surface area contributed by atoms with Crippen molar-refractivity contribution in [3.05, 3.63) is 29.5 Å². The number of rotatable bonds is 2. The molecule has 0 unspecified atom stereocenters. The summed E-state index contributed by atoms with van der Waals surface area (Å²) in [4.78, 5) is 0. The summed E-state index contributed by atoms with van der Waals surface area (Å²) in [6, 6.07) is 3.97. The van der Waals surface area contributed by atoms with Crippen LogP contribution in [0.3, 0.4) is 0 Å². The van der Waals surface area contributed by atoms with E-state index in [0.717, 1.165) is 22.4 Å². The van der Waals surface area contributed by atoms with Crippen LogP contribution in [-0.2, 0) is 18.0 Å². The number of benzene rings is 1. The van der Waals surface area contributed by atoms with Crippen molar-refractivity contribution in [2.45, 2.75) is 13.2 Å². The second kappa shape index (κ2) is 3.78. The number of nitrogens with zero attached hydrogens (tertiary/aromatic N) is 1. The molecule has 17 heavy (non-hydrogen) atoms. The minimum atomic E-state index is 0.545. The smallest absolute Gasteiger partial charge is 0.127 e. The highest BCUT2D eigenvalue weighted by Crippen LogP contribution is 2.40. The van der Waals surface area contributed by atoms with E-state index in [1.807, 2.05) is 12.1 Å². The zero-order valence-electron chi connectivity index (χ0n) is 9.49. The largest absolute Gasteiger partial charge is 0.496 e. The SMILES string of the molecule is COc1ccc2c(c1-c1cn[nH]c1N)COC2. The Bertz CT molecular complexity index is 563. The Hall–Kier alpha value is -2.01. The van der Waals surface area contributed by atoms with Crippen LogP contribution >= 0.6 is 0 Å². The second-order valence-corrected chi connectivity index (χ2v) is 3.97. The summed E-state index contributed by atoms with van der Waals surface area (Å²) >= 11 is 0. The number of aromatic nitrogens is 2. The van der Waals surface area contributed by atoms with Crippen molar-refractivity contribution in [2.24, 2.45) is 0 Å². The zero-order valence-corrected chi connectivity index (χ0v) is 9.49. The lowest BCUT2D eigenvalue weighted by Crippen LogP contribution is -1.96. The van der Waals surface area contributed by atoms with E-state index in [0.29, 0.717) is 19.0 Å². The molecule has 0 aliphatic carbocycles. The first-order chi connectivity index (χ1) is 8.31. The van der Waals surface area contributed by atoms with Gasteiger partial charge in [0.15, 0.2) is 0 Å². The molecule has 2 heterocycles. The maximum Gasteiger partial charge on any atom is 0.127 e. The van der Waals surface area contributed by atoms with Gasteiger partial charge in [-0.3, -0.25) is 5.10 Å². The topological polar surface area (TPSA) is 73.2 Å². The summed E-state index contributed by atoms with van der Waals surface area (Å²) < 4.78 is 10.9. The minimum absolute atomic E-state index is 0.545. The van der Waals surface area contributed by atoms with Gasteiger partial charge in [0.1, 0.15) is 11.6 Å².